The number of carbonyl (C=O) groups is 1. The van der Waals surface area contributed by atoms with E-state index in [0.717, 1.165) is 71.3 Å². The number of hydrogen-bond acceptors (Lipinski definition) is 5. The van der Waals surface area contributed by atoms with Gasteiger partial charge in [0.15, 0.2) is 5.96 Å². The van der Waals surface area contributed by atoms with E-state index < -0.39 is 5.60 Å². The molecule has 0 aromatic heterocycles. The Morgan fingerprint density at radius 1 is 1.14 bits per heavy atom. The Morgan fingerprint density at radius 3 is 2.36 bits per heavy atom. The Bertz CT molecular complexity index is 503. The van der Waals surface area contributed by atoms with Crippen molar-refractivity contribution in [1.29, 1.82) is 0 Å². The molecule has 1 amide bonds. The number of amides is 1. The molecule has 2 saturated heterocycles. The molecule has 0 aromatic carbocycles. The molecular weight excluding hydrogens is 471 g/mol. The van der Waals surface area contributed by atoms with E-state index in [4.69, 9.17) is 4.74 Å². The molecule has 2 N–H and O–H groups in total. The number of alkyl carbamates (subject to hydrolysis) is 1. The predicted molar refractivity (Wildman–Crippen MR) is 125 cm³/mol. The fourth-order valence-corrected chi connectivity index (χ4v) is 3.53. The second kappa shape index (κ2) is 12.0. The van der Waals surface area contributed by atoms with E-state index in [9.17, 15) is 4.79 Å². The van der Waals surface area contributed by atoms with Gasteiger partial charge >= 0.3 is 6.09 Å². The summed E-state index contributed by atoms with van der Waals surface area (Å²) < 4.78 is 5.35. The third kappa shape index (κ3) is 8.69. The standard InChI is InChI=1S/C19H38N6O2.HI/c1-6-23-11-13-24(14-12-23)10-8-21-17(20-5)25-9-7-16(15-25)22-18(26)27-19(2,3)4;/h16H,6-15H2,1-5H3,(H,20,21)(H,22,26);1H. The monoisotopic (exact) mass is 510 g/mol. The van der Waals surface area contributed by atoms with Gasteiger partial charge in [0.1, 0.15) is 5.60 Å². The first kappa shape index (κ1) is 25.2. The largest absolute Gasteiger partial charge is 0.444 e. The minimum atomic E-state index is -0.470. The molecule has 2 heterocycles. The Balaban J connectivity index is 0.00000392. The van der Waals surface area contributed by atoms with Crippen molar-refractivity contribution in [3.8, 4) is 0 Å². The molecule has 1 atom stereocenters. The molecule has 0 aromatic rings. The topological polar surface area (TPSA) is 72.4 Å². The Hall–Kier alpha value is -0.810. The third-order valence-electron chi connectivity index (χ3n) is 5.04. The van der Waals surface area contributed by atoms with Crippen molar-refractivity contribution in [3.05, 3.63) is 0 Å². The molecule has 9 heteroatoms. The van der Waals surface area contributed by atoms with Gasteiger partial charge in [0, 0.05) is 59.4 Å². The molecule has 1 unspecified atom stereocenters. The van der Waals surface area contributed by atoms with Crippen LogP contribution in [0.1, 0.15) is 34.1 Å². The number of aliphatic imine (C=N–C) groups is 1. The van der Waals surface area contributed by atoms with E-state index in [-0.39, 0.29) is 36.1 Å². The lowest BCUT2D eigenvalue weighted by Gasteiger charge is -2.34. The number of piperazine rings is 1. The summed E-state index contributed by atoms with van der Waals surface area (Å²) in [5.74, 6) is 0.913. The second-order valence-corrected chi connectivity index (χ2v) is 8.33. The van der Waals surface area contributed by atoms with Crippen LogP contribution in [0.2, 0.25) is 0 Å². The van der Waals surface area contributed by atoms with Gasteiger partial charge in [-0.3, -0.25) is 9.89 Å². The number of nitrogens with one attached hydrogen (secondary N) is 2. The smallest absolute Gasteiger partial charge is 0.407 e. The van der Waals surface area contributed by atoms with Crippen molar-refractivity contribution in [2.24, 2.45) is 4.99 Å². The zero-order chi connectivity index (χ0) is 19.9. The van der Waals surface area contributed by atoms with Gasteiger partial charge in [0.05, 0.1) is 6.04 Å². The summed E-state index contributed by atoms with van der Waals surface area (Å²) in [6.07, 6.45) is 0.558. The van der Waals surface area contributed by atoms with Crippen molar-refractivity contribution < 1.29 is 9.53 Å². The van der Waals surface area contributed by atoms with Crippen LogP contribution in [0.5, 0.6) is 0 Å². The highest BCUT2D eigenvalue weighted by molar-refractivity contribution is 14.0. The van der Waals surface area contributed by atoms with Gasteiger partial charge in [-0.15, -0.1) is 24.0 Å². The van der Waals surface area contributed by atoms with E-state index in [2.05, 4.69) is 37.2 Å². The number of rotatable bonds is 5. The van der Waals surface area contributed by atoms with Crippen molar-refractivity contribution in [1.82, 2.24) is 25.3 Å². The summed E-state index contributed by atoms with van der Waals surface area (Å²) in [6, 6.07) is 0.0977. The highest BCUT2D eigenvalue weighted by Gasteiger charge is 2.27. The molecule has 164 valence electrons. The average Bonchev–Trinajstić information content (AvgIpc) is 3.05. The predicted octanol–water partition coefficient (Wildman–Crippen LogP) is 1.42. The molecule has 0 aliphatic carbocycles. The van der Waals surface area contributed by atoms with E-state index in [1.165, 1.54) is 0 Å². The first-order valence-corrected chi connectivity index (χ1v) is 10.2. The van der Waals surface area contributed by atoms with Gasteiger partial charge < -0.3 is 25.2 Å². The van der Waals surface area contributed by atoms with Crippen LogP contribution in [0.15, 0.2) is 4.99 Å². The number of hydrogen-bond donors (Lipinski definition) is 2. The van der Waals surface area contributed by atoms with E-state index in [0.29, 0.717) is 0 Å². The van der Waals surface area contributed by atoms with Gasteiger partial charge in [-0.1, -0.05) is 6.92 Å². The third-order valence-corrected chi connectivity index (χ3v) is 5.04. The number of ether oxygens (including phenoxy) is 1. The maximum absolute atomic E-state index is 11.9. The number of guanidine groups is 1. The Morgan fingerprint density at radius 2 is 1.79 bits per heavy atom. The van der Waals surface area contributed by atoms with E-state index >= 15 is 0 Å². The molecule has 0 saturated carbocycles. The number of likely N-dealkylation sites (tertiary alicyclic amines) is 1. The minimum absolute atomic E-state index is 0. The minimum Gasteiger partial charge on any atom is -0.444 e. The van der Waals surface area contributed by atoms with Crippen LogP contribution in [0, 0.1) is 0 Å². The number of likely N-dealkylation sites (N-methyl/N-ethyl adjacent to an activating group) is 1. The first-order chi connectivity index (χ1) is 12.8. The van der Waals surface area contributed by atoms with Gasteiger partial charge in [-0.2, -0.15) is 0 Å². The van der Waals surface area contributed by atoms with Gasteiger partial charge in [0.2, 0.25) is 0 Å². The van der Waals surface area contributed by atoms with Crippen LogP contribution >= 0.6 is 24.0 Å². The Labute approximate surface area is 187 Å². The fourth-order valence-electron chi connectivity index (χ4n) is 3.53. The lowest BCUT2D eigenvalue weighted by atomic mass is 10.2. The maximum Gasteiger partial charge on any atom is 0.407 e. The summed E-state index contributed by atoms with van der Waals surface area (Å²) in [6.45, 7) is 17.2. The number of carbonyl (C=O) groups excluding carboxylic acids is 1. The van der Waals surface area contributed by atoms with Crippen molar-refractivity contribution in [3.63, 3.8) is 0 Å². The summed E-state index contributed by atoms with van der Waals surface area (Å²) in [4.78, 5) is 23.6. The van der Waals surface area contributed by atoms with Crippen molar-refractivity contribution >= 4 is 36.0 Å². The fraction of sp³-hybridized carbons (Fsp3) is 0.895. The van der Waals surface area contributed by atoms with Crippen LogP contribution in [-0.2, 0) is 4.74 Å². The van der Waals surface area contributed by atoms with Crippen LogP contribution in [-0.4, -0.2) is 104 Å². The van der Waals surface area contributed by atoms with Crippen LogP contribution in [0.4, 0.5) is 4.79 Å². The SMILES string of the molecule is CCN1CCN(CCNC(=NC)N2CCC(NC(=O)OC(C)(C)C)C2)CC1.I. The molecule has 8 nitrogen and oxygen atoms in total. The second-order valence-electron chi connectivity index (χ2n) is 8.33. The van der Waals surface area contributed by atoms with Crippen LogP contribution < -0.4 is 10.6 Å². The molecular formula is C19H39IN6O2. The molecule has 28 heavy (non-hydrogen) atoms. The van der Waals surface area contributed by atoms with Crippen LogP contribution in [0.25, 0.3) is 0 Å². The van der Waals surface area contributed by atoms with Crippen molar-refractivity contribution in [2.45, 2.75) is 45.8 Å². The van der Waals surface area contributed by atoms with Gasteiger partial charge in [0.25, 0.3) is 0 Å². The summed E-state index contributed by atoms with van der Waals surface area (Å²) in [5, 5.41) is 6.44. The normalized spacial score (nSPS) is 22.0. The number of halogens is 1. The summed E-state index contributed by atoms with van der Waals surface area (Å²) in [7, 11) is 1.82. The number of nitrogens with zero attached hydrogens (tertiary/aromatic N) is 4. The van der Waals surface area contributed by atoms with Gasteiger partial charge in [-0.25, -0.2) is 4.79 Å². The van der Waals surface area contributed by atoms with Crippen molar-refractivity contribution in [2.75, 3.05) is 66.0 Å². The lowest BCUT2D eigenvalue weighted by Crippen LogP contribution is -2.49. The highest BCUT2D eigenvalue weighted by Crippen LogP contribution is 2.12. The zero-order valence-electron chi connectivity index (χ0n) is 18.2. The molecule has 2 aliphatic heterocycles. The summed E-state index contributed by atoms with van der Waals surface area (Å²) in [5.41, 5.74) is -0.470. The van der Waals surface area contributed by atoms with E-state index in [1.54, 1.807) is 0 Å². The lowest BCUT2D eigenvalue weighted by molar-refractivity contribution is 0.0507. The van der Waals surface area contributed by atoms with E-state index in [1.807, 2.05) is 27.8 Å². The first-order valence-electron chi connectivity index (χ1n) is 10.2. The molecule has 0 radical (unpaired) electrons. The summed E-state index contributed by atoms with van der Waals surface area (Å²) >= 11 is 0. The maximum atomic E-state index is 11.9. The molecule has 2 fully saturated rings. The molecule has 2 rings (SSSR count). The zero-order valence-corrected chi connectivity index (χ0v) is 20.5. The quantitative estimate of drug-likeness (QED) is 0.331. The molecule has 0 spiro atoms. The molecule has 2 aliphatic rings. The highest BCUT2D eigenvalue weighted by atomic mass is 127. The average molecular weight is 510 g/mol. The molecule has 0 bridgehead atoms. The Kier molecular flexibility index (Phi) is 10.8. The van der Waals surface area contributed by atoms with Crippen LogP contribution in [0.3, 0.4) is 0 Å². The van der Waals surface area contributed by atoms with Gasteiger partial charge in [-0.05, 0) is 33.7 Å².